The molecule has 1 aromatic heterocycles. The van der Waals surface area contributed by atoms with Crippen molar-refractivity contribution < 1.29 is 10.0 Å². The van der Waals surface area contributed by atoms with Crippen molar-refractivity contribution in [3.05, 3.63) is 34.2 Å². The van der Waals surface area contributed by atoms with Gasteiger partial charge in [0.2, 0.25) is 5.56 Å². The summed E-state index contributed by atoms with van der Waals surface area (Å²) in [6.07, 6.45) is 3.86. The first-order chi connectivity index (χ1) is 9.13. The molecule has 7 nitrogen and oxygen atoms in total. The predicted octanol–water partition coefficient (Wildman–Crippen LogP) is 0.116. The van der Waals surface area contributed by atoms with Crippen LogP contribution in [0.25, 0.3) is 0 Å². The van der Waals surface area contributed by atoms with Crippen LogP contribution >= 0.6 is 0 Å². The second-order valence-corrected chi connectivity index (χ2v) is 4.48. The Morgan fingerprint density at radius 3 is 2.89 bits per heavy atom. The third kappa shape index (κ3) is 2.75. The van der Waals surface area contributed by atoms with Gasteiger partial charge in [-0.1, -0.05) is 5.16 Å². The number of carbonyl (C=O) groups excluding carboxylic acids is 1. The molecule has 1 aliphatic rings. The van der Waals surface area contributed by atoms with Gasteiger partial charge in [0.15, 0.2) is 5.84 Å². The summed E-state index contributed by atoms with van der Waals surface area (Å²) in [6, 6.07) is 2.38. The van der Waals surface area contributed by atoms with E-state index in [2.05, 4.69) is 10.1 Å². The van der Waals surface area contributed by atoms with E-state index in [1.54, 1.807) is 4.90 Å². The van der Waals surface area contributed by atoms with E-state index in [4.69, 9.17) is 10.9 Å². The number of H-pyrrole nitrogens is 1. The predicted molar refractivity (Wildman–Crippen MR) is 69.1 cm³/mol. The van der Waals surface area contributed by atoms with Gasteiger partial charge in [-0.3, -0.25) is 9.59 Å². The maximum Gasteiger partial charge on any atom is 0.255 e. The van der Waals surface area contributed by atoms with Gasteiger partial charge < -0.3 is 20.8 Å². The van der Waals surface area contributed by atoms with Gasteiger partial charge in [-0.15, -0.1) is 0 Å². The van der Waals surface area contributed by atoms with Crippen LogP contribution in [-0.4, -0.2) is 39.4 Å². The lowest BCUT2D eigenvalue weighted by Gasteiger charge is -2.34. The van der Waals surface area contributed by atoms with Gasteiger partial charge in [0.25, 0.3) is 5.91 Å². The SMILES string of the molecule is N/C(=N/O)C1CCCCN1C(=O)c1ccc(=O)[nH]c1. The monoisotopic (exact) mass is 264 g/mol. The minimum atomic E-state index is -0.391. The highest BCUT2D eigenvalue weighted by molar-refractivity contribution is 5.98. The lowest BCUT2D eigenvalue weighted by Crippen LogP contribution is -2.50. The molecule has 0 aromatic carbocycles. The lowest BCUT2D eigenvalue weighted by molar-refractivity contribution is 0.0676. The average molecular weight is 264 g/mol. The zero-order chi connectivity index (χ0) is 13.8. The average Bonchev–Trinajstić information content (AvgIpc) is 2.46. The molecule has 0 saturated carbocycles. The van der Waals surface area contributed by atoms with E-state index in [9.17, 15) is 9.59 Å². The number of carbonyl (C=O) groups is 1. The summed E-state index contributed by atoms with van der Waals surface area (Å²) < 4.78 is 0. The normalized spacial score (nSPS) is 20.3. The summed E-state index contributed by atoms with van der Waals surface area (Å²) in [6.45, 7) is 0.554. The number of nitrogens with one attached hydrogen (secondary N) is 1. The number of hydrogen-bond acceptors (Lipinski definition) is 4. The van der Waals surface area contributed by atoms with Crippen LogP contribution in [0.15, 0.2) is 28.3 Å². The number of aromatic nitrogens is 1. The number of piperidine rings is 1. The molecule has 7 heteroatoms. The van der Waals surface area contributed by atoms with Crippen molar-refractivity contribution in [2.75, 3.05) is 6.54 Å². The highest BCUT2D eigenvalue weighted by Crippen LogP contribution is 2.19. The van der Waals surface area contributed by atoms with Gasteiger partial charge in [-0.2, -0.15) is 0 Å². The molecule has 4 N–H and O–H groups in total. The number of aromatic amines is 1. The van der Waals surface area contributed by atoms with Gasteiger partial charge in [0, 0.05) is 18.8 Å². The molecule has 19 heavy (non-hydrogen) atoms. The first-order valence-electron chi connectivity index (χ1n) is 6.10. The second kappa shape index (κ2) is 5.55. The topological polar surface area (TPSA) is 112 Å². The number of oxime groups is 1. The van der Waals surface area contributed by atoms with E-state index in [-0.39, 0.29) is 17.3 Å². The number of nitrogens with two attached hydrogens (primary N) is 1. The molecule has 1 fully saturated rings. The molecule has 0 radical (unpaired) electrons. The second-order valence-electron chi connectivity index (χ2n) is 4.48. The summed E-state index contributed by atoms with van der Waals surface area (Å²) in [4.78, 5) is 27.4. The Kier molecular flexibility index (Phi) is 3.84. The molecule has 1 atom stereocenters. The van der Waals surface area contributed by atoms with Crippen molar-refractivity contribution >= 4 is 11.7 Å². The molecular weight excluding hydrogens is 248 g/mol. The number of rotatable bonds is 2. The number of likely N-dealkylation sites (tertiary alicyclic amines) is 1. The first kappa shape index (κ1) is 13.1. The largest absolute Gasteiger partial charge is 0.409 e. The van der Waals surface area contributed by atoms with Gasteiger partial charge in [-0.25, -0.2) is 0 Å². The van der Waals surface area contributed by atoms with E-state index in [1.807, 2.05) is 0 Å². The maximum atomic E-state index is 12.4. The number of pyridine rings is 1. The fraction of sp³-hybridized carbons (Fsp3) is 0.417. The number of nitrogens with zero attached hydrogens (tertiary/aromatic N) is 2. The summed E-state index contributed by atoms with van der Waals surface area (Å²) in [5, 5.41) is 11.8. The molecule has 0 aliphatic carbocycles. The van der Waals surface area contributed by atoms with E-state index < -0.39 is 6.04 Å². The maximum absolute atomic E-state index is 12.4. The molecule has 1 aromatic rings. The Labute approximate surface area is 109 Å². The van der Waals surface area contributed by atoms with Crippen LogP contribution in [0.5, 0.6) is 0 Å². The summed E-state index contributed by atoms with van der Waals surface area (Å²) in [5.41, 5.74) is 5.75. The van der Waals surface area contributed by atoms with Crippen molar-refractivity contribution in [2.45, 2.75) is 25.3 Å². The van der Waals surface area contributed by atoms with Crippen molar-refractivity contribution in [3.8, 4) is 0 Å². The third-order valence-corrected chi connectivity index (χ3v) is 3.25. The summed E-state index contributed by atoms with van der Waals surface area (Å²) >= 11 is 0. The van der Waals surface area contributed by atoms with Crippen LogP contribution in [0.4, 0.5) is 0 Å². The number of amides is 1. The quantitative estimate of drug-likeness (QED) is 0.305. The Morgan fingerprint density at radius 1 is 1.47 bits per heavy atom. The minimum absolute atomic E-state index is 0.0393. The first-order valence-corrected chi connectivity index (χ1v) is 6.10. The molecule has 0 spiro atoms. The standard InChI is InChI=1S/C12H16N4O3/c13-11(15-19)9-3-1-2-6-16(9)12(18)8-4-5-10(17)14-7-8/h4-5,7,9,19H,1-3,6H2,(H2,13,15)(H,14,17). The highest BCUT2D eigenvalue weighted by atomic mass is 16.4. The van der Waals surface area contributed by atoms with E-state index in [0.29, 0.717) is 18.5 Å². The Bertz CT molecular complexity index is 532. The van der Waals surface area contributed by atoms with E-state index in [1.165, 1.54) is 18.3 Å². The molecule has 1 unspecified atom stereocenters. The smallest absolute Gasteiger partial charge is 0.255 e. The molecule has 2 heterocycles. The number of amidine groups is 1. The molecule has 102 valence electrons. The Hall–Kier alpha value is -2.31. The van der Waals surface area contributed by atoms with Crippen LogP contribution < -0.4 is 11.3 Å². The molecule has 1 amide bonds. The zero-order valence-electron chi connectivity index (χ0n) is 10.4. The van der Waals surface area contributed by atoms with Crippen LogP contribution in [0.3, 0.4) is 0 Å². The fourth-order valence-corrected chi connectivity index (χ4v) is 2.26. The van der Waals surface area contributed by atoms with Crippen molar-refractivity contribution in [2.24, 2.45) is 10.9 Å². The lowest BCUT2D eigenvalue weighted by atomic mass is 10.0. The number of hydrogen-bond donors (Lipinski definition) is 3. The fourth-order valence-electron chi connectivity index (χ4n) is 2.26. The van der Waals surface area contributed by atoms with E-state index in [0.717, 1.165) is 12.8 Å². The van der Waals surface area contributed by atoms with Crippen LogP contribution in [0.2, 0.25) is 0 Å². The summed E-state index contributed by atoms with van der Waals surface area (Å²) in [5.74, 6) is -0.190. The Balaban J connectivity index is 2.24. The van der Waals surface area contributed by atoms with Gasteiger partial charge in [0.05, 0.1) is 11.6 Å². The van der Waals surface area contributed by atoms with Crippen LogP contribution in [0, 0.1) is 0 Å². The molecule has 1 saturated heterocycles. The van der Waals surface area contributed by atoms with Crippen molar-refractivity contribution in [3.63, 3.8) is 0 Å². The third-order valence-electron chi connectivity index (χ3n) is 3.25. The summed E-state index contributed by atoms with van der Waals surface area (Å²) in [7, 11) is 0. The zero-order valence-corrected chi connectivity index (χ0v) is 10.4. The molecule has 0 bridgehead atoms. The highest BCUT2D eigenvalue weighted by Gasteiger charge is 2.30. The molecule has 1 aliphatic heterocycles. The molecule has 2 rings (SSSR count). The minimum Gasteiger partial charge on any atom is -0.409 e. The van der Waals surface area contributed by atoms with Crippen molar-refractivity contribution in [1.29, 1.82) is 0 Å². The van der Waals surface area contributed by atoms with Gasteiger partial charge >= 0.3 is 0 Å². The van der Waals surface area contributed by atoms with E-state index >= 15 is 0 Å². The van der Waals surface area contributed by atoms with Crippen LogP contribution in [0.1, 0.15) is 29.6 Å². The van der Waals surface area contributed by atoms with Gasteiger partial charge in [0.1, 0.15) is 0 Å². The molecular formula is C12H16N4O3. The Morgan fingerprint density at radius 2 is 2.26 bits per heavy atom. The van der Waals surface area contributed by atoms with Crippen molar-refractivity contribution in [1.82, 2.24) is 9.88 Å². The van der Waals surface area contributed by atoms with Gasteiger partial charge in [-0.05, 0) is 25.3 Å². The van der Waals surface area contributed by atoms with Crippen LogP contribution in [-0.2, 0) is 0 Å².